The van der Waals surface area contributed by atoms with Crippen LogP contribution in [-0.2, 0) is 11.2 Å². The molecule has 0 saturated carbocycles. The fourth-order valence-corrected chi connectivity index (χ4v) is 2.07. The number of carbonyl (C=O) groups excluding carboxylic acids is 1. The van der Waals surface area contributed by atoms with Gasteiger partial charge in [0.15, 0.2) is 11.5 Å². The minimum Gasteiger partial charge on any atom is -0.493 e. The van der Waals surface area contributed by atoms with Gasteiger partial charge in [-0.15, -0.1) is 0 Å². The van der Waals surface area contributed by atoms with Crippen molar-refractivity contribution in [1.82, 2.24) is 10.3 Å². The van der Waals surface area contributed by atoms with Gasteiger partial charge in [0, 0.05) is 30.9 Å². The van der Waals surface area contributed by atoms with E-state index in [0.29, 0.717) is 18.5 Å². The normalized spacial score (nSPS) is 10.9. The summed E-state index contributed by atoms with van der Waals surface area (Å²) in [6, 6.07) is 10.0. The van der Waals surface area contributed by atoms with Gasteiger partial charge < -0.3 is 14.8 Å². The third-order valence-corrected chi connectivity index (χ3v) is 3.24. The lowest BCUT2D eigenvalue weighted by Gasteiger charge is -2.10. The van der Waals surface area contributed by atoms with Crippen molar-refractivity contribution in [2.45, 2.75) is 13.0 Å². The van der Waals surface area contributed by atoms with E-state index >= 15 is 0 Å². The number of benzene rings is 1. The number of hydrogen-bond acceptors (Lipinski definition) is 4. The molecule has 0 unspecified atom stereocenters. The first kappa shape index (κ1) is 18.4. The van der Waals surface area contributed by atoms with Gasteiger partial charge in [-0.25, -0.2) is 0 Å². The molecule has 0 bridgehead atoms. The fraction of sp³-hybridized carbons (Fsp3) is 0.222. The van der Waals surface area contributed by atoms with Crippen LogP contribution in [0.2, 0.25) is 0 Å². The molecule has 132 valence electrons. The molecule has 0 radical (unpaired) electrons. The molecule has 1 aromatic heterocycles. The lowest BCUT2D eigenvalue weighted by molar-refractivity contribution is -0.116. The van der Waals surface area contributed by atoms with Crippen LogP contribution in [0.4, 0.5) is 8.78 Å². The number of pyridine rings is 1. The van der Waals surface area contributed by atoms with Crippen molar-refractivity contribution >= 4 is 12.0 Å². The maximum Gasteiger partial charge on any atom is 0.387 e. The molecule has 0 fully saturated rings. The van der Waals surface area contributed by atoms with Gasteiger partial charge in [0.1, 0.15) is 0 Å². The van der Waals surface area contributed by atoms with E-state index in [4.69, 9.17) is 4.74 Å². The molecule has 1 aromatic carbocycles. The summed E-state index contributed by atoms with van der Waals surface area (Å²) in [5, 5.41) is 2.75. The van der Waals surface area contributed by atoms with Gasteiger partial charge in [-0.3, -0.25) is 9.78 Å². The van der Waals surface area contributed by atoms with Crippen LogP contribution in [0.15, 0.2) is 48.7 Å². The maximum absolute atomic E-state index is 12.3. The van der Waals surface area contributed by atoms with E-state index < -0.39 is 6.61 Å². The molecule has 5 nitrogen and oxygen atoms in total. The zero-order valence-corrected chi connectivity index (χ0v) is 13.6. The Morgan fingerprint density at radius 3 is 2.80 bits per heavy atom. The highest BCUT2D eigenvalue weighted by Crippen LogP contribution is 2.29. The van der Waals surface area contributed by atoms with Crippen LogP contribution in [0.3, 0.4) is 0 Å². The molecule has 2 rings (SSSR count). The SMILES string of the molecule is COc1cc(/C=C/C(=O)NCCc2ccccn2)ccc1OC(F)F. The van der Waals surface area contributed by atoms with Gasteiger partial charge in [-0.2, -0.15) is 8.78 Å². The van der Waals surface area contributed by atoms with Crippen LogP contribution < -0.4 is 14.8 Å². The average molecular weight is 348 g/mol. The van der Waals surface area contributed by atoms with Gasteiger partial charge in [0.05, 0.1) is 7.11 Å². The number of rotatable bonds is 8. The molecule has 7 heteroatoms. The zero-order chi connectivity index (χ0) is 18.1. The minimum atomic E-state index is -2.93. The first-order chi connectivity index (χ1) is 12.1. The summed E-state index contributed by atoms with van der Waals surface area (Å²) < 4.78 is 33.9. The summed E-state index contributed by atoms with van der Waals surface area (Å²) in [4.78, 5) is 16.0. The number of amides is 1. The fourth-order valence-electron chi connectivity index (χ4n) is 2.07. The second-order valence-electron chi connectivity index (χ2n) is 4.98. The molecule has 1 amide bonds. The smallest absolute Gasteiger partial charge is 0.387 e. The van der Waals surface area contributed by atoms with Crippen molar-refractivity contribution in [1.29, 1.82) is 0 Å². The van der Waals surface area contributed by atoms with Crippen LogP contribution in [0.5, 0.6) is 11.5 Å². The van der Waals surface area contributed by atoms with Crippen molar-refractivity contribution in [2.75, 3.05) is 13.7 Å². The number of carbonyl (C=O) groups is 1. The Labute approximate surface area is 144 Å². The quantitative estimate of drug-likeness (QED) is 0.745. The van der Waals surface area contributed by atoms with Crippen molar-refractivity contribution in [3.05, 3.63) is 59.9 Å². The summed E-state index contributed by atoms with van der Waals surface area (Å²) in [7, 11) is 1.35. The molecule has 0 aliphatic rings. The number of halogens is 2. The van der Waals surface area contributed by atoms with E-state index in [1.807, 2.05) is 18.2 Å². The van der Waals surface area contributed by atoms with Crippen LogP contribution in [0.1, 0.15) is 11.3 Å². The van der Waals surface area contributed by atoms with Crippen LogP contribution in [0.25, 0.3) is 6.08 Å². The predicted octanol–water partition coefficient (Wildman–Crippen LogP) is 3.06. The summed E-state index contributed by atoms with van der Waals surface area (Å²) >= 11 is 0. The van der Waals surface area contributed by atoms with Gasteiger partial charge >= 0.3 is 6.61 Å². The van der Waals surface area contributed by atoms with Crippen LogP contribution in [0, 0.1) is 0 Å². The standard InChI is InChI=1S/C18H18F2N2O3/c1-24-16-12-13(5-7-15(16)25-18(19)20)6-8-17(23)22-11-9-14-4-2-3-10-21-14/h2-8,10,12,18H,9,11H2,1H3,(H,22,23)/b8-6+. The van der Waals surface area contributed by atoms with Crippen molar-refractivity contribution in [3.63, 3.8) is 0 Å². The highest BCUT2D eigenvalue weighted by atomic mass is 19.3. The highest BCUT2D eigenvalue weighted by Gasteiger charge is 2.10. The molecule has 0 saturated heterocycles. The predicted molar refractivity (Wildman–Crippen MR) is 89.6 cm³/mol. The Morgan fingerprint density at radius 1 is 1.28 bits per heavy atom. The third-order valence-electron chi connectivity index (χ3n) is 3.24. The van der Waals surface area contributed by atoms with E-state index in [9.17, 15) is 13.6 Å². The summed E-state index contributed by atoms with van der Waals surface area (Å²) in [6.45, 7) is -2.47. The summed E-state index contributed by atoms with van der Waals surface area (Å²) in [6.07, 6.45) is 5.26. The number of nitrogens with one attached hydrogen (secondary N) is 1. The topological polar surface area (TPSA) is 60.5 Å². The minimum absolute atomic E-state index is 0.0607. The van der Waals surface area contributed by atoms with Gasteiger partial charge in [0.2, 0.25) is 5.91 Å². The monoisotopic (exact) mass is 348 g/mol. The lowest BCUT2D eigenvalue weighted by atomic mass is 10.2. The van der Waals surface area contributed by atoms with Gasteiger partial charge in [-0.1, -0.05) is 12.1 Å². The lowest BCUT2D eigenvalue weighted by Crippen LogP contribution is -2.23. The zero-order valence-electron chi connectivity index (χ0n) is 13.6. The number of aromatic nitrogens is 1. The molecular formula is C18H18F2N2O3. The molecule has 0 atom stereocenters. The maximum atomic E-state index is 12.3. The molecular weight excluding hydrogens is 330 g/mol. The first-order valence-corrected chi connectivity index (χ1v) is 7.57. The van der Waals surface area contributed by atoms with Crippen molar-refractivity contribution in [3.8, 4) is 11.5 Å². The van der Waals surface area contributed by atoms with Crippen LogP contribution >= 0.6 is 0 Å². The molecule has 1 heterocycles. The Kier molecular flexibility index (Phi) is 6.88. The van der Waals surface area contributed by atoms with Crippen molar-refractivity contribution in [2.24, 2.45) is 0 Å². The van der Waals surface area contributed by atoms with Gasteiger partial charge in [-0.05, 0) is 35.9 Å². The number of alkyl halides is 2. The number of methoxy groups -OCH3 is 1. The summed E-state index contributed by atoms with van der Waals surface area (Å²) in [5.41, 5.74) is 1.52. The molecule has 0 aliphatic carbocycles. The highest BCUT2D eigenvalue weighted by molar-refractivity contribution is 5.91. The second kappa shape index (κ2) is 9.36. The number of hydrogen-bond donors (Lipinski definition) is 1. The Hall–Kier alpha value is -2.96. The molecule has 2 aromatic rings. The molecule has 0 spiro atoms. The second-order valence-corrected chi connectivity index (χ2v) is 4.98. The first-order valence-electron chi connectivity index (χ1n) is 7.57. The van der Waals surface area contributed by atoms with E-state index in [-0.39, 0.29) is 17.4 Å². The Morgan fingerprint density at radius 2 is 2.12 bits per heavy atom. The van der Waals surface area contributed by atoms with Crippen LogP contribution in [-0.4, -0.2) is 31.2 Å². The number of nitrogens with zero attached hydrogens (tertiary/aromatic N) is 1. The van der Waals surface area contributed by atoms with E-state index in [2.05, 4.69) is 15.0 Å². The molecule has 1 N–H and O–H groups in total. The Balaban J connectivity index is 1.88. The summed E-state index contributed by atoms with van der Waals surface area (Å²) in [5.74, 6) is -0.157. The van der Waals surface area contributed by atoms with E-state index in [1.165, 1.54) is 25.3 Å². The van der Waals surface area contributed by atoms with Gasteiger partial charge in [0.25, 0.3) is 0 Å². The van der Waals surface area contributed by atoms with E-state index in [1.54, 1.807) is 18.3 Å². The average Bonchev–Trinajstić information content (AvgIpc) is 2.61. The third kappa shape index (κ3) is 6.21. The Bertz CT molecular complexity index is 722. The largest absolute Gasteiger partial charge is 0.493 e. The molecule has 0 aliphatic heterocycles. The molecule has 25 heavy (non-hydrogen) atoms. The van der Waals surface area contributed by atoms with E-state index in [0.717, 1.165) is 5.69 Å². The van der Waals surface area contributed by atoms with Crippen molar-refractivity contribution < 1.29 is 23.0 Å². The number of ether oxygens (including phenoxy) is 2.